The van der Waals surface area contributed by atoms with Gasteiger partial charge in [0.05, 0.1) is 5.69 Å². The number of piperidine rings is 1. The average Bonchev–Trinajstić information content (AvgIpc) is 3.03. The van der Waals surface area contributed by atoms with E-state index in [2.05, 4.69) is 98.3 Å². The van der Waals surface area contributed by atoms with Crippen LogP contribution in [0.5, 0.6) is 0 Å². The molecule has 1 saturated heterocycles. The van der Waals surface area contributed by atoms with Crippen LogP contribution in [0.1, 0.15) is 49.4 Å². The lowest BCUT2D eigenvalue weighted by Gasteiger charge is -2.32. The Balaban J connectivity index is 1.82. The van der Waals surface area contributed by atoms with Crippen molar-refractivity contribution in [3.05, 3.63) is 61.6 Å². The molecule has 0 atom stereocenters. The van der Waals surface area contributed by atoms with Gasteiger partial charge < -0.3 is 9.74 Å². The number of aryl methyl sites for hydroxylation is 2. The van der Waals surface area contributed by atoms with E-state index in [1.54, 1.807) is 0 Å². The number of nitrogens with zero attached hydrogens (tertiary/aromatic N) is 4. The van der Waals surface area contributed by atoms with Crippen molar-refractivity contribution < 1.29 is 0 Å². The van der Waals surface area contributed by atoms with Gasteiger partial charge in [-0.25, -0.2) is 11.6 Å². The van der Waals surface area contributed by atoms with Gasteiger partial charge in [0.15, 0.2) is 0 Å². The molecule has 0 amide bonds. The van der Waals surface area contributed by atoms with Crippen LogP contribution in [-0.4, -0.2) is 29.2 Å². The summed E-state index contributed by atoms with van der Waals surface area (Å²) in [7, 11) is 0. The lowest BCUT2D eigenvalue weighted by Crippen LogP contribution is -2.34. The van der Waals surface area contributed by atoms with Crippen LogP contribution < -0.4 is 4.90 Å². The number of aromatic nitrogens is 2. The Labute approximate surface area is 201 Å². The summed E-state index contributed by atoms with van der Waals surface area (Å²) in [6, 6.07) is 6.65. The second-order valence-corrected chi connectivity index (χ2v) is 10.6. The summed E-state index contributed by atoms with van der Waals surface area (Å²) in [5, 5.41) is 1.22. The predicted octanol–water partition coefficient (Wildman–Crippen LogP) is 7.43. The fourth-order valence-electron chi connectivity index (χ4n) is 4.57. The van der Waals surface area contributed by atoms with Gasteiger partial charge in [-0.3, -0.25) is 4.57 Å². The predicted molar refractivity (Wildman–Crippen MR) is 136 cm³/mol. The Morgan fingerprint density at radius 3 is 2.35 bits per heavy atom. The molecule has 3 heterocycles. The molecule has 1 aromatic carbocycles. The van der Waals surface area contributed by atoms with Gasteiger partial charge in [-0.1, -0.05) is 13.8 Å². The van der Waals surface area contributed by atoms with E-state index in [0.717, 1.165) is 51.9 Å². The minimum Gasteiger partial charge on any atom is -0.371 e. The molecule has 6 heteroatoms. The van der Waals surface area contributed by atoms with Crippen molar-refractivity contribution in [1.82, 2.24) is 9.55 Å². The van der Waals surface area contributed by atoms with Crippen LogP contribution in [0.15, 0.2) is 33.3 Å². The molecule has 0 aliphatic carbocycles. The molecule has 1 aliphatic heterocycles. The molecule has 162 valence electrons. The summed E-state index contributed by atoms with van der Waals surface area (Å²) in [5.41, 5.74) is 6.90. The van der Waals surface area contributed by atoms with Crippen LogP contribution >= 0.6 is 31.9 Å². The summed E-state index contributed by atoms with van der Waals surface area (Å²) in [5.74, 6) is 0.992. The fourth-order valence-corrected chi connectivity index (χ4v) is 6.17. The van der Waals surface area contributed by atoms with Crippen LogP contribution in [0.2, 0.25) is 0 Å². The molecular formula is C25H28Br2N4. The number of benzene rings is 1. The first-order valence-corrected chi connectivity index (χ1v) is 12.5. The Morgan fingerprint density at radius 2 is 1.77 bits per heavy atom. The lowest BCUT2D eigenvalue weighted by atomic mass is 9.96. The van der Waals surface area contributed by atoms with Crippen LogP contribution in [0, 0.1) is 26.3 Å². The van der Waals surface area contributed by atoms with Crippen LogP contribution in [-0.2, 0) is 0 Å². The van der Waals surface area contributed by atoms with Crippen molar-refractivity contribution in [2.24, 2.45) is 5.92 Å². The highest BCUT2D eigenvalue weighted by Crippen LogP contribution is 2.39. The van der Waals surface area contributed by atoms with Gasteiger partial charge in [-0.2, -0.15) is 0 Å². The van der Waals surface area contributed by atoms with E-state index in [1.807, 2.05) is 0 Å². The molecule has 0 N–H and O–H groups in total. The van der Waals surface area contributed by atoms with Crippen molar-refractivity contribution >= 4 is 48.6 Å². The second-order valence-electron chi connectivity index (χ2n) is 8.92. The van der Waals surface area contributed by atoms with Crippen molar-refractivity contribution in [3.8, 4) is 5.69 Å². The zero-order chi connectivity index (χ0) is 22.3. The molecule has 0 radical (unpaired) electrons. The maximum Gasteiger partial charge on any atom is 0.217 e. The summed E-state index contributed by atoms with van der Waals surface area (Å²) in [6.45, 7) is 18.5. The highest BCUT2D eigenvalue weighted by Gasteiger charge is 2.25. The Hall–Kier alpha value is -1.84. The van der Waals surface area contributed by atoms with Crippen LogP contribution in [0.25, 0.3) is 21.6 Å². The molecule has 0 saturated carbocycles. The number of rotatable bonds is 4. The number of anilines is 1. The maximum atomic E-state index is 7.17. The van der Waals surface area contributed by atoms with E-state index in [-0.39, 0.29) is 0 Å². The quantitative estimate of drug-likeness (QED) is 0.320. The number of pyridine rings is 1. The Morgan fingerprint density at radius 1 is 1.13 bits per heavy atom. The normalized spacial score (nSPS) is 15.1. The topological polar surface area (TPSA) is 25.4 Å². The van der Waals surface area contributed by atoms with Crippen molar-refractivity contribution in [1.29, 1.82) is 0 Å². The summed E-state index contributed by atoms with van der Waals surface area (Å²) >= 11 is 7.64. The van der Waals surface area contributed by atoms with Gasteiger partial charge >= 0.3 is 0 Å². The molecule has 1 fully saturated rings. The minimum absolute atomic E-state index is 0.461. The van der Waals surface area contributed by atoms with Gasteiger partial charge in [0, 0.05) is 50.9 Å². The third-order valence-corrected chi connectivity index (χ3v) is 7.51. The van der Waals surface area contributed by atoms with Gasteiger partial charge in [0.1, 0.15) is 5.65 Å². The Bertz CT molecular complexity index is 1140. The average molecular weight is 544 g/mol. The van der Waals surface area contributed by atoms with Gasteiger partial charge in [0.2, 0.25) is 6.54 Å². The molecule has 0 spiro atoms. The third kappa shape index (κ3) is 4.27. The largest absolute Gasteiger partial charge is 0.371 e. The maximum absolute atomic E-state index is 7.17. The standard InChI is InChI=1S/C25H28Br2N4/c1-15(2)19-11-20(26)24(21(27)12-19)31-14-16(3)23-22(10-17(4)29-25(23)31)30-8-6-18(7-9-30)13-28-5/h10-12,14-15,18H,6-9,13H2,1-4H3. The molecule has 2 aromatic heterocycles. The first kappa shape index (κ1) is 22.4. The lowest BCUT2D eigenvalue weighted by molar-refractivity contribution is 0.431. The van der Waals surface area contributed by atoms with Crippen molar-refractivity contribution in [2.75, 3.05) is 24.5 Å². The highest BCUT2D eigenvalue weighted by atomic mass is 79.9. The van der Waals surface area contributed by atoms with Crippen LogP contribution in [0.4, 0.5) is 5.69 Å². The zero-order valence-electron chi connectivity index (χ0n) is 18.5. The number of halogens is 2. The molecular weight excluding hydrogens is 516 g/mol. The molecule has 3 aromatic rings. The molecule has 0 bridgehead atoms. The third-order valence-electron chi connectivity index (χ3n) is 6.30. The van der Waals surface area contributed by atoms with Crippen LogP contribution in [0.3, 0.4) is 0 Å². The Kier molecular flexibility index (Phi) is 6.46. The van der Waals surface area contributed by atoms with E-state index in [4.69, 9.17) is 11.6 Å². The number of hydrogen-bond acceptors (Lipinski definition) is 2. The van der Waals surface area contributed by atoms with Crippen molar-refractivity contribution in [2.45, 2.75) is 46.5 Å². The molecule has 4 nitrogen and oxygen atoms in total. The summed E-state index contributed by atoms with van der Waals surface area (Å²) < 4.78 is 4.34. The van der Waals surface area contributed by atoms with E-state index in [1.165, 1.54) is 22.2 Å². The van der Waals surface area contributed by atoms with Gasteiger partial charge in [-0.05, 0) is 93.8 Å². The zero-order valence-corrected chi connectivity index (χ0v) is 21.7. The fraction of sp³-hybridized carbons (Fsp3) is 0.440. The van der Waals surface area contributed by atoms with Crippen molar-refractivity contribution in [3.63, 3.8) is 0 Å². The summed E-state index contributed by atoms with van der Waals surface area (Å²) in [6.07, 6.45) is 4.36. The molecule has 1 aliphatic rings. The highest BCUT2D eigenvalue weighted by molar-refractivity contribution is 9.11. The molecule has 31 heavy (non-hydrogen) atoms. The first-order chi connectivity index (χ1) is 14.8. The molecule has 0 unspecified atom stereocenters. The number of fused-ring (bicyclic) bond motifs is 1. The minimum atomic E-state index is 0.461. The van der Waals surface area contributed by atoms with E-state index >= 15 is 0 Å². The van der Waals surface area contributed by atoms with E-state index in [9.17, 15) is 0 Å². The van der Waals surface area contributed by atoms with E-state index < -0.39 is 0 Å². The smallest absolute Gasteiger partial charge is 0.217 e. The van der Waals surface area contributed by atoms with Gasteiger partial charge in [0.25, 0.3) is 0 Å². The summed E-state index contributed by atoms with van der Waals surface area (Å²) in [4.78, 5) is 11.1. The van der Waals surface area contributed by atoms with E-state index in [0.29, 0.717) is 18.4 Å². The molecule has 4 rings (SSSR count). The van der Waals surface area contributed by atoms with Gasteiger partial charge in [-0.15, -0.1) is 0 Å². The second kappa shape index (κ2) is 8.96. The monoisotopic (exact) mass is 542 g/mol. The SMILES string of the molecule is [C-]#[N+]CC1CCN(c2cc(C)nc3c2c(C)cn3-c2c(Br)cc(C(C)C)cc2Br)CC1. The first-order valence-electron chi connectivity index (χ1n) is 10.9. The number of hydrogen-bond donors (Lipinski definition) is 0.